The Morgan fingerprint density at radius 2 is 2.06 bits per heavy atom. The van der Waals surface area contributed by atoms with Crippen molar-refractivity contribution in [2.45, 2.75) is 69.9 Å². The van der Waals surface area contributed by atoms with E-state index in [0.29, 0.717) is 35.9 Å². The number of Topliss-reactive ketones (excluding diaryl/α,β-unsaturated/α-hetero) is 1. The van der Waals surface area contributed by atoms with Gasteiger partial charge >= 0.3 is 0 Å². The molecule has 4 fully saturated rings. The zero-order valence-corrected chi connectivity index (χ0v) is 20.4. The number of ether oxygens (including phenoxy) is 2. The van der Waals surface area contributed by atoms with Gasteiger partial charge in [-0.3, -0.25) is 9.59 Å². The summed E-state index contributed by atoms with van der Waals surface area (Å²) in [6.07, 6.45) is 7.12. The van der Waals surface area contributed by atoms with Crippen LogP contribution in [0.5, 0.6) is 0 Å². The van der Waals surface area contributed by atoms with Crippen molar-refractivity contribution >= 4 is 34.2 Å². The normalized spacial score (nSPS) is 45.0. The van der Waals surface area contributed by atoms with Gasteiger partial charge in [0.15, 0.2) is 26.7 Å². The predicted molar refractivity (Wildman–Crippen MR) is 122 cm³/mol. The van der Waals surface area contributed by atoms with Gasteiger partial charge in [0.05, 0.1) is 6.10 Å². The molecule has 1 aromatic heterocycles. The molecule has 0 amide bonds. The van der Waals surface area contributed by atoms with Crippen molar-refractivity contribution in [1.29, 1.82) is 0 Å². The third kappa shape index (κ3) is 2.80. The molecule has 8 atom stereocenters. The molecule has 7 heteroatoms. The zero-order valence-electron chi connectivity index (χ0n) is 18.2. The number of rotatable bonds is 3. The molecule has 0 aromatic carbocycles. The lowest BCUT2D eigenvalue weighted by atomic mass is 9.50. The number of hydrogen-bond acceptors (Lipinski definition) is 6. The van der Waals surface area contributed by atoms with Crippen LogP contribution in [0.2, 0.25) is 0 Å². The van der Waals surface area contributed by atoms with Crippen molar-refractivity contribution in [3.63, 3.8) is 0 Å². The molecule has 3 saturated carbocycles. The third-order valence-electron chi connectivity index (χ3n) is 9.42. The van der Waals surface area contributed by atoms with Crippen LogP contribution in [0.25, 0.3) is 0 Å². The number of ketones is 2. The molecule has 1 aliphatic heterocycles. The van der Waals surface area contributed by atoms with E-state index in [0.717, 1.165) is 42.3 Å². The van der Waals surface area contributed by atoms with E-state index in [-0.39, 0.29) is 17.7 Å². The molecule has 6 rings (SSSR count). The summed E-state index contributed by atoms with van der Waals surface area (Å²) in [4.78, 5) is 25.3. The molecular formula is C25H29IO6. The second-order valence-electron chi connectivity index (χ2n) is 10.5. The summed E-state index contributed by atoms with van der Waals surface area (Å²) < 4.78 is 19.4. The van der Waals surface area contributed by atoms with Gasteiger partial charge in [-0.2, -0.15) is 0 Å². The number of furan rings is 1. The molecule has 5 aliphatic rings. The van der Waals surface area contributed by atoms with E-state index in [4.69, 9.17) is 13.9 Å². The first-order valence-electron chi connectivity index (χ1n) is 11.8. The topological polar surface area (TPSA) is 86.0 Å². The van der Waals surface area contributed by atoms with Crippen LogP contribution in [-0.2, 0) is 19.1 Å². The van der Waals surface area contributed by atoms with Crippen molar-refractivity contribution in [2.75, 3.05) is 6.61 Å². The van der Waals surface area contributed by atoms with E-state index in [2.05, 4.69) is 29.5 Å². The Labute approximate surface area is 201 Å². The van der Waals surface area contributed by atoms with Crippen LogP contribution in [-0.4, -0.2) is 35.0 Å². The maximum atomic E-state index is 13.4. The van der Waals surface area contributed by atoms with Crippen LogP contribution >= 0.6 is 22.6 Å². The molecule has 1 N–H and O–H groups in total. The molecule has 0 radical (unpaired) electrons. The van der Waals surface area contributed by atoms with Gasteiger partial charge in [0.2, 0.25) is 6.29 Å². The number of aliphatic hydroxyl groups excluding tert-OH is 1. The molecule has 6 nitrogen and oxygen atoms in total. The van der Waals surface area contributed by atoms with Crippen molar-refractivity contribution in [1.82, 2.24) is 0 Å². The summed E-state index contributed by atoms with van der Waals surface area (Å²) in [6, 6.07) is 3.69. The summed E-state index contributed by atoms with van der Waals surface area (Å²) in [7, 11) is 0. The lowest BCUT2D eigenvalue weighted by Crippen LogP contribution is -2.59. The Kier molecular flexibility index (Phi) is 5.03. The second kappa shape index (κ2) is 7.48. The number of carbonyl (C=O) groups excluding carboxylic acids is 2. The number of allylic oxidation sites excluding steroid dienone is 1. The minimum atomic E-state index is -1.14. The number of halogens is 1. The second-order valence-corrected chi connectivity index (χ2v) is 11.6. The molecule has 172 valence electrons. The molecular weight excluding hydrogens is 523 g/mol. The van der Waals surface area contributed by atoms with Crippen LogP contribution in [0, 0.1) is 32.9 Å². The Bertz CT molecular complexity index is 998. The standard InChI is InChI=1S/C25H29IO6/c1-24-9-8-16-15-5-3-14(28)10-13(15)2-4-17(16)18(24)11-21-25(24,20(29)12-27)32-23(31-21)19-6-7-22(26)30-19/h6-7,10,15-18,21,23,27H,2-5,8-9,11-12H2,1H3/t15-,16+,17+,18-,21+,23-,24-,25+/m0/s1. The smallest absolute Gasteiger partial charge is 0.218 e. The molecule has 32 heavy (non-hydrogen) atoms. The van der Waals surface area contributed by atoms with Crippen LogP contribution in [0.3, 0.4) is 0 Å². The lowest BCUT2D eigenvalue weighted by molar-refractivity contribution is -0.188. The highest BCUT2D eigenvalue weighted by atomic mass is 127. The lowest BCUT2D eigenvalue weighted by Gasteiger charge is -2.55. The van der Waals surface area contributed by atoms with Crippen LogP contribution in [0.1, 0.15) is 63.9 Å². The van der Waals surface area contributed by atoms with E-state index >= 15 is 0 Å². The highest BCUT2D eigenvalue weighted by Gasteiger charge is 2.74. The monoisotopic (exact) mass is 552 g/mol. The summed E-state index contributed by atoms with van der Waals surface area (Å²) in [6.45, 7) is 1.64. The quantitative estimate of drug-likeness (QED) is 0.562. The van der Waals surface area contributed by atoms with Crippen LogP contribution < -0.4 is 0 Å². The van der Waals surface area contributed by atoms with Crippen LogP contribution in [0.4, 0.5) is 0 Å². The Balaban J connectivity index is 1.35. The van der Waals surface area contributed by atoms with Gasteiger partial charge in [-0.05, 0) is 103 Å². The highest BCUT2D eigenvalue weighted by molar-refractivity contribution is 14.1. The van der Waals surface area contributed by atoms with Crippen molar-refractivity contribution in [2.24, 2.45) is 29.1 Å². The van der Waals surface area contributed by atoms with E-state index < -0.39 is 23.9 Å². The zero-order chi connectivity index (χ0) is 22.3. The molecule has 0 unspecified atom stereocenters. The summed E-state index contributed by atoms with van der Waals surface area (Å²) in [5.41, 5.74) is -0.178. The molecule has 2 heterocycles. The maximum Gasteiger partial charge on any atom is 0.218 e. The van der Waals surface area contributed by atoms with Crippen molar-refractivity contribution < 1.29 is 28.6 Å². The van der Waals surface area contributed by atoms with Crippen LogP contribution in [0.15, 0.2) is 28.2 Å². The van der Waals surface area contributed by atoms with Gasteiger partial charge < -0.3 is 19.0 Å². The Morgan fingerprint density at radius 3 is 2.81 bits per heavy atom. The fourth-order valence-electron chi connectivity index (χ4n) is 8.13. The number of hydrogen-bond donors (Lipinski definition) is 1. The van der Waals surface area contributed by atoms with Gasteiger partial charge in [0, 0.05) is 11.8 Å². The molecule has 0 spiro atoms. The number of fused-ring (bicyclic) bond motifs is 7. The van der Waals surface area contributed by atoms with Gasteiger partial charge in [0.25, 0.3) is 0 Å². The number of aliphatic hydroxyl groups is 1. The summed E-state index contributed by atoms with van der Waals surface area (Å²) >= 11 is 2.10. The SMILES string of the molecule is C[C@]12CC[C@H]3[C@@H](CCC4=CC(=O)CC[C@@H]43)[C@@H]1C[C@H]1O[C@H](c3ccc(I)o3)O[C@]12C(=O)CO. The van der Waals surface area contributed by atoms with E-state index in [1.807, 2.05) is 18.2 Å². The first-order valence-corrected chi connectivity index (χ1v) is 12.9. The summed E-state index contributed by atoms with van der Waals surface area (Å²) in [5, 5.41) is 9.97. The van der Waals surface area contributed by atoms with E-state index in [1.54, 1.807) is 0 Å². The Hall–Kier alpha value is -1.03. The van der Waals surface area contributed by atoms with Crippen molar-refractivity contribution in [3.8, 4) is 0 Å². The first kappa shape index (κ1) is 21.5. The number of carbonyl (C=O) groups is 2. The van der Waals surface area contributed by atoms with E-state index in [9.17, 15) is 14.7 Å². The van der Waals surface area contributed by atoms with Gasteiger partial charge in [0.1, 0.15) is 6.61 Å². The summed E-state index contributed by atoms with van der Waals surface area (Å²) in [5.74, 6) is 2.44. The maximum absolute atomic E-state index is 13.4. The molecule has 1 saturated heterocycles. The van der Waals surface area contributed by atoms with Gasteiger partial charge in [-0.1, -0.05) is 12.5 Å². The molecule has 1 aromatic rings. The first-order chi connectivity index (χ1) is 15.4. The van der Waals surface area contributed by atoms with Gasteiger partial charge in [-0.25, -0.2) is 0 Å². The Morgan fingerprint density at radius 1 is 1.22 bits per heavy atom. The minimum Gasteiger partial charge on any atom is -0.450 e. The minimum absolute atomic E-state index is 0.269. The average Bonchev–Trinajstić information content (AvgIpc) is 3.44. The highest BCUT2D eigenvalue weighted by Crippen LogP contribution is 2.69. The van der Waals surface area contributed by atoms with Gasteiger partial charge in [-0.15, -0.1) is 0 Å². The largest absolute Gasteiger partial charge is 0.450 e. The predicted octanol–water partition coefficient (Wildman–Crippen LogP) is 4.35. The third-order valence-corrected chi connectivity index (χ3v) is 10.0. The molecule has 4 aliphatic carbocycles. The fraction of sp³-hybridized carbons (Fsp3) is 0.680. The average molecular weight is 552 g/mol. The molecule has 0 bridgehead atoms. The van der Waals surface area contributed by atoms with E-state index in [1.165, 1.54) is 5.57 Å². The fourth-order valence-corrected chi connectivity index (χ4v) is 8.56. The van der Waals surface area contributed by atoms with Crippen molar-refractivity contribution in [3.05, 3.63) is 33.3 Å².